The Morgan fingerprint density at radius 1 is 1.53 bits per heavy atom. The van der Waals surface area contributed by atoms with Crippen LogP contribution >= 0.6 is 11.6 Å². The van der Waals surface area contributed by atoms with Crippen molar-refractivity contribution in [2.75, 3.05) is 18.0 Å². The predicted molar refractivity (Wildman–Crippen MR) is 72.3 cm³/mol. The molecule has 1 rings (SSSR count). The number of hydrogen-bond acceptors (Lipinski definition) is 3. The van der Waals surface area contributed by atoms with Crippen molar-refractivity contribution in [1.29, 1.82) is 0 Å². The van der Waals surface area contributed by atoms with Crippen LogP contribution in [0.5, 0.6) is 0 Å². The fraction of sp³-hybridized carbons (Fsp3) is 0.385. The molecular weight excluding hydrogens is 234 g/mol. The third-order valence-electron chi connectivity index (χ3n) is 2.27. The minimum absolute atomic E-state index is 0.586. The Balaban J connectivity index is 3.06. The van der Waals surface area contributed by atoms with Crippen LogP contribution in [0.15, 0.2) is 19.0 Å². The van der Waals surface area contributed by atoms with Crippen molar-refractivity contribution in [3.63, 3.8) is 0 Å². The number of rotatable bonds is 5. The Morgan fingerprint density at radius 2 is 2.29 bits per heavy atom. The lowest BCUT2D eigenvalue weighted by Crippen LogP contribution is -2.25. The van der Waals surface area contributed by atoms with Gasteiger partial charge in [0.2, 0.25) is 0 Å². The fourth-order valence-corrected chi connectivity index (χ4v) is 1.77. The molecule has 3 nitrogen and oxygen atoms in total. The highest BCUT2D eigenvalue weighted by molar-refractivity contribution is 6.33. The van der Waals surface area contributed by atoms with Crippen molar-refractivity contribution < 1.29 is 0 Å². The minimum Gasteiger partial charge on any atom is -0.340 e. The van der Waals surface area contributed by atoms with Gasteiger partial charge in [-0.1, -0.05) is 30.5 Å². The zero-order chi connectivity index (χ0) is 12.7. The maximum Gasteiger partial charge on any atom is 0.152 e. The van der Waals surface area contributed by atoms with Crippen molar-refractivity contribution in [2.45, 2.75) is 20.3 Å². The molecule has 0 atom stereocenters. The first kappa shape index (κ1) is 13.5. The number of nitrogens with zero attached hydrogens (tertiary/aromatic N) is 3. The Labute approximate surface area is 108 Å². The lowest BCUT2D eigenvalue weighted by atomic mass is 10.3. The highest BCUT2D eigenvalue weighted by atomic mass is 35.5. The number of halogens is 1. The quantitative estimate of drug-likeness (QED) is 0.594. The highest BCUT2D eigenvalue weighted by Gasteiger charge is 2.13. The summed E-state index contributed by atoms with van der Waals surface area (Å²) in [7, 11) is 0. The van der Waals surface area contributed by atoms with Crippen molar-refractivity contribution in [3.05, 3.63) is 29.7 Å². The molecule has 0 aromatic carbocycles. The van der Waals surface area contributed by atoms with Crippen LogP contribution in [0.2, 0.25) is 5.02 Å². The van der Waals surface area contributed by atoms with Crippen LogP contribution in [-0.4, -0.2) is 23.1 Å². The van der Waals surface area contributed by atoms with E-state index in [-0.39, 0.29) is 0 Å². The fourth-order valence-electron chi connectivity index (χ4n) is 1.42. The molecule has 0 N–H and O–H groups in total. The second kappa shape index (κ2) is 6.93. The molecule has 0 aliphatic rings. The van der Waals surface area contributed by atoms with Gasteiger partial charge >= 0.3 is 0 Å². The molecule has 0 bridgehead atoms. The van der Waals surface area contributed by atoms with Gasteiger partial charge < -0.3 is 4.90 Å². The molecule has 1 heterocycles. The SMILES string of the molecule is C=CCN(CC#CC)c1ncnc(CC)c1Cl. The Morgan fingerprint density at radius 3 is 2.88 bits per heavy atom. The van der Waals surface area contributed by atoms with Crippen LogP contribution in [0.3, 0.4) is 0 Å². The summed E-state index contributed by atoms with van der Waals surface area (Å²) in [6, 6.07) is 0. The van der Waals surface area contributed by atoms with Gasteiger partial charge in [0.15, 0.2) is 5.82 Å². The first-order valence-electron chi connectivity index (χ1n) is 5.49. The Bertz CT molecular complexity index is 446. The number of anilines is 1. The Kier molecular flexibility index (Phi) is 5.51. The molecule has 0 unspecified atom stereocenters. The lowest BCUT2D eigenvalue weighted by molar-refractivity contribution is 0.907. The first-order valence-corrected chi connectivity index (χ1v) is 5.87. The zero-order valence-corrected chi connectivity index (χ0v) is 11.0. The van der Waals surface area contributed by atoms with Crippen LogP contribution in [0.25, 0.3) is 0 Å². The van der Waals surface area contributed by atoms with E-state index in [1.165, 1.54) is 6.33 Å². The monoisotopic (exact) mass is 249 g/mol. The van der Waals surface area contributed by atoms with Gasteiger partial charge in [-0.05, 0) is 13.3 Å². The molecule has 0 amide bonds. The summed E-state index contributed by atoms with van der Waals surface area (Å²) >= 11 is 6.27. The van der Waals surface area contributed by atoms with Gasteiger partial charge in [0.05, 0.1) is 12.2 Å². The topological polar surface area (TPSA) is 29.0 Å². The molecule has 0 spiro atoms. The van der Waals surface area contributed by atoms with Crippen molar-refractivity contribution in [1.82, 2.24) is 9.97 Å². The molecule has 0 aliphatic heterocycles. The van der Waals surface area contributed by atoms with Gasteiger partial charge in [-0.3, -0.25) is 0 Å². The van der Waals surface area contributed by atoms with E-state index in [2.05, 4.69) is 28.4 Å². The van der Waals surface area contributed by atoms with E-state index in [0.29, 0.717) is 18.1 Å². The summed E-state index contributed by atoms with van der Waals surface area (Å²) < 4.78 is 0. The van der Waals surface area contributed by atoms with Crippen LogP contribution in [0, 0.1) is 11.8 Å². The van der Waals surface area contributed by atoms with E-state index in [1.807, 2.05) is 18.7 Å². The van der Waals surface area contributed by atoms with E-state index in [9.17, 15) is 0 Å². The van der Waals surface area contributed by atoms with Gasteiger partial charge in [-0.25, -0.2) is 9.97 Å². The third-order valence-corrected chi connectivity index (χ3v) is 2.66. The molecule has 1 aromatic heterocycles. The van der Waals surface area contributed by atoms with Crippen molar-refractivity contribution in [3.8, 4) is 11.8 Å². The van der Waals surface area contributed by atoms with Gasteiger partial charge in [-0.15, -0.1) is 12.5 Å². The van der Waals surface area contributed by atoms with Crippen molar-refractivity contribution >= 4 is 17.4 Å². The van der Waals surface area contributed by atoms with Crippen molar-refractivity contribution in [2.24, 2.45) is 0 Å². The highest BCUT2D eigenvalue weighted by Crippen LogP contribution is 2.25. The summed E-state index contributed by atoms with van der Waals surface area (Å²) in [5.41, 5.74) is 0.857. The summed E-state index contributed by atoms with van der Waals surface area (Å²) in [6.07, 6.45) is 4.13. The van der Waals surface area contributed by atoms with Crippen LogP contribution < -0.4 is 4.90 Å². The first-order chi connectivity index (χ1) is 8.24. The van der Waals surface area contributed by atoms with Crippen LogP contribution in [0.1, 0.15) is 19.5 Å². The average molecular weight is 250 g/mol. The third kappa shape index (κ3) is 3.47. The average Bonchev–Trinajstić information content (AvgIpc) is 2.35. The van der Waals surface area contributed by atoms with Gasteiger partial charge in [0.25, 0.3) is 0 Å². The molecule has 17 heavy (non-hydrogen) atoms. The summed E-state index contributed by atoms with van der Waals surface area (Å²) in [5.74, 6) is 6.59. The van der Waals surface area contributed by atoms with E-state index < -0.39 is 0 Å². The summed E-state index contributed by atoms with van der Waals surface area (Å²) in [6.45, 7) is 8.80. The molecule has 4 heteroatoms. The standard InChI is InChI=1S/C13H16ClN3/c1-4-7-9-17(8-5-2)13-12(14)11(6-3)15-10-16-13/h5,10H,2,6,8-9H2,1,3H3. The van der Waals surface area contributed by atoms with Crippen LogP contribution in [0.4, 0.5) is 5.82 Å². The molecule has 0 saturated carbocycles. The lowest BCUT2D eigenvalue weighted by Gasteiger charge is -2.21. The minimum atomic E-state index is 0.586. The van der Waals surface area contributed by atoms with E-state index in [0.717, 1.165) is 17.9 Å². The second-order valence-electron chi connectivity index (χ2n) is 3.41. The number of hydrogen-bond donors (Lipinski definition) is 0. The molecular formula is C13H16ClN3. The summed E-state index contributed by atoms with van der Waals surface area (Å²) in [5, 5.41) is 0.606. The predicted octanol–water partition coefficient (Wildman–Crippen LogP) is 2.71. The normalized spacial score (nSPS) is 9.35. The smallest absolute Gasteiger partial charge is 0.152 e. The van der Waals surface area contributed by atoms with E-state index in [4.69, 9.17) is 11.6 Å². The number of aryl methyl sites for hydroxylation is 1. The molecule has 0 aliphatic carbocycles. The van der Waals surface area contributed by atoms with E-state index in [1.54, 1.807) is 6.08 Å². The molecule has 0 radical (unpaired) electrons. The molecule has 1 aromatic rings. The Hall–Kier alpha value is -1.53. The van der Waals surface area contributed by atoms with Gasteiger partial charge in [0, 0.05) is 6.54 Å². The second-order valence-corrected chi connectivity index (χ2v) is 3.79. The maximum atomic E-state index is 6.27. The van der Waals surface area contributed by atoms with Gasteiger partial charge in [0.1, 0.15) is 11.3 Å². The van der Waals surface area contributed by atoms with Gasteiger partial charge in [-0.2, -0.15) is 0 Å². The van der Waals surface area contributed by atoms with Crippen LogP contribution in [-0.2, 0) is 6.42 Å². The number of aromatic nitrogens is 2. The molecule has 0 saturated heterocycles. The van der Waals surface area contributed by atoms with E-state index >= 15 is 0 Å². The summed E-state index contributed by atoms with van der Waals surface area (Å²) in [4.78, 5) is 10.4. The largest absolute Gasteiger partial charge is 0.340 e. The molecule has 90 valence electrons. The maximum absolute atomic E-state index is 6.27. The zero-order valence-electron chi connectivity index (χ0n) is 10.2. The molecule has 0 fully saturated rings.